The van der Waals surface area contributed by atoms with Gasteiger partial charge >= 0.3 is 0 Å². The molecule has 2 saturated carbocycles. The van der Waals surface area contributed by atoms with Gasteiger partial charge in [-0.05, 0) is 80.2 Å². The Morgan fingerprint density at radius 3 is 1.02 bits per heavy atom. The minimum Gasteiger partial charge on any atom is -0.407 e. The monoisotopic (exact) mass is 688 g/mol. The number of hydrogen-bond acceptors (Lipinski definition) is 3. The molecule has 0 spiro atoms. The van der Waals surface area contributed by atoms with Gasteiger partial charge in [0.25, 0.3) is 16.6 Å². The number of benzene rings is 4. The molecule has 6 atom stereocenters. The minimum absolute atomic E-state index is 0.0479. The smallest absolute Gasteiger partial charge is 0.261 e. The van der Waals surface area contributed by atoms with E-state index < -0.39 is 16.6 Å². The van der Waals surface area contributed by atoms with Crippen molar-refractivity contribution in [1.29, 1.82) is 0 Å². The average Bonchev–Trinajstić information content (AvgIpc) is 3.86. The summed E-state index contributed by atoms with van der Waals surface area (Å²) < 4.78 is 21.5. The molecule has 0 aromatic heterocycles. The molecule has 0 radical (unpaired) electrons. The topological polar surface area (TPSA) is 31.0 Å². The van der Waals surface area contributed by atoms with Crippen molar-refractivity contribution in [2.75, 3.05) is 13.2 Å². The molecule has 0 amide bonds. The third-order valence-corrected chi connectivity index (χ3v) is 22.2. The summed E-state index contributed by atoms with van der Waals surface area (Å²) in [4.78, 5) is 0. The molecule has 4 aromatic carbocycles. The van der Waals surface area contributed by atoms with Crippen molar-refractivity contribution < 1.29 is 13.6 Å². The molecule has 1 saturated heterocycles. The van der Waals surface area contributed by atoms with Gasteiger partial charge in [0.15, 0.2) is 0 Å². The van der Waals surface area contributed by atoms with E-state index in [1.807, 2.05) is 0 Å². The third kappa shape index (κ3) is 6.58. The van der Waals surface area contributed by atoms with Gasteiger partial charge in [-0.15, -0.1) is 0 Å². The molecule has 7 rings (SSSR count). The first-order valence-corrected chi connectivity index (χ1v) is 22.5. The summed E-state index contributed by atoms with van der Waals surface area (Å²) in [5.74, 6) is 2.27. The van der Waals surface area contributed by atoms with Gasteiger partial charge in [-0.1, -0.05) is 163 Å². The van der Waals surface area contributed by atoms with Gasteiger partial charge in [-0.2, -0.15) is 0 Å². The summed E-state index contributed by atoms with van der Waals surface area (Å²) in [6, 6.07) is 44.6. The fourth-order valence-electron chi connectivity index (χ4n) is 9.71. The Morgan fingerprint density at radius 2 is 0.755 bits per heavy atom. The van der Waals surface area contributed by atoms with Crippen LogP contribution >= 0.6 is 0 Å². The molecule has 1 heterocycles. The maximum absolute atomic E-state index is 7.68. The summed E-state index contributed by atoms with van der Waals surface area (Å²) in [6.07, 6.45) is 5.81. The van der Waals surface area contributed by atoms with E-state index in [-0.39, 0.29) is 10.1 Å². The summed E-state index contributed by atoms with van der Waals surface area (Å²) >= 11 is 0. The van der Waals surface area contributed by atoms with Crippen molar-refractivity contribution in [3.05, 3.63) is 121 Å². The first-order valence-electron chi connectivity index (χ1n) is 18.7. The first-order chi connectivity index (χ1) is 23.5. The maximum Gasteiger partial charge on any atom is 0.261 e. The molecule has 3 fully saturated rings. The van der Waals surface area contributed by atoms with Gasteiger partial charge in [0, 0.05) is 13.2 Å². The van der Waals surface area contributed by atoms with E-state index in [2.05, 4.69) is 163 Å². The highest BCUT2D eigenvalue weighted by molar-refractivity contribution is 7.00. The number of epoxide rings is 1. The molecule has 2 aliphatic carbocycles. The largest absolute Gasteiger partial charge is 0.407 e. The van der Waals surface area contributed by atoms with Crippen molar-refractivity contribution in [3.63, 3.8) is 0 Å². The molecule has 1 aliphatic heterocycles. The molecule has 0 bridgehead atoms. The number of ether oxygens (including phenoxy) is 1. The van der Waals surface area contributed by atoms with Gasteiger partial charge in [-0.3, -0.25) is 0 Å². The highest BCUT2D eigenvalue weighted by atomic mass is 28.4. The summed E-state index contributed by atoms with van der Waals surface area (Å²) in [7, 11) is -5.33. The number of rotatable bonds is 10. The van der Waals surface area contributed by atoms with Crippen LogP contribution in [0.3, 0.4) is 0 Å². The van der Waals surface area contributed by atoms with Crippen LogP contribution in [-0.2, 0) is 13.6 Å². The van der Waals surface area contributed by atoms with Crippen LogP contribution in [0, 0.1) is 23.7 Å². The molecular formula is C44H56O3Si2. The van der Waals surface area contributed by atoms with E-state index in [0.29, 0.717) is 35.9 Å². The van der Waals surface area contributed by atoms with Gasteiger partial charge < -0.3 is 13.6 Å². The standard InChI is InChI=1S/C44H56O3Si2/c1-43(2,3)48(37-19-11-7-12-20-37,38-21-13-8-14-22-38)45-31-35-27-33-29-41-42(47-41)30-34(33)28-36(35)32-46-49(44(4,5)6,39-23-15-9-16-24-39)40-25-17-10-18-26-40/h7-26,33-36,41-42H,27-32H2,1-6H3/t33-,34+,35-,36-,41+,42-/m0/s1. The molecular weight excluding hydrogens is 633 g/mol. The highest BCUT2D eigenvalue weighted by Crippen LogP contribution is 2.52. The van der Waals surface area contributed by atoms with E-state index in [1.165, 1.54) is 46.4 Å². The predicted molar refractivity (Wildman–Crippen MR) is 208 cm³/mol. The quantitative estimate of drug-likeness (QED) is 0.125. The van der Waals surface area contributed by atoms with Crippen molar-refractivity contribution in [2.24, 2.45) is 23.7 Å². The van der Waals surface area contributed by atoms with E-state index in [0.717, 1.165) is 13.2 Å². The van der Waals surface area contributed by atoms with E-state index in [1.54, 1.807) is 0 Å². The Labute approximate surface area is 297 Å². The van der Waals surface area contributed by atoms with Crippen molar-refractivity contribution in [1.82, 2.24) is 0 Å². The number of fused-ring (bicyclic) bond motifs is 2. The van der Waals surface area contributed by atoms with Crippen molar-refractivity contribution >= 4 is 37.4 Å². The zero-order chi connectivity index (χ0) is 34.3. The summed E-state index contributed by atoms with van der Waals surface area (Å²) in [5.41, 5.74) is 0. The average molecular weight is 689 g/mol. The molecule has 258 valence electrons. The fraction of sp³-hybridized carbons (Fsp3) is 0.455. The summed E-state index contributed by atoms with van der Waals surface area (Å²) in [6.45, 7) is 15.9. The van der Waals surface area contributed by atoms with Crippen LogP contribution in [0.5, 0.6) is 0 Å². The van der Waals surface area contributed by atoms with Crippen LogP contribution in [-0.4, -0.2) is 42.1 Å². The first kappa shape index (κ1) is 34.6. The highest BCUT2D eigenvalue weighted by Gasteiger charge is 2.55. The molecule has 5 heteroatoms. The molecule has 4 aromatic rings. The lowest BCUT2D eigenvalue weighted by Crippen LogP contribution is -2.67. The van der Waals surface area contributed by atoms with Gasteiger partial charge in [0.05, 0.1) is 12.2 Å². The van der Waals surface area contributed by atoms with Crippen LogP contribution in [0.15, 0.2) is 121 Å². The lowest BCUT2D eigenvalue weighted by molar-refractivity contribution is 0.0290. The second-order valence-electron chi connectivity index (χ2n) is 17.1. The Kier molecular flexibility index (Phi) is 9.70. The van der Waals surface area contributed by atoms with Crippen LogP contribution < -0.4 is 20.7 Å². The Bertz CT molecular complexity index is 1440. The molecule has 3 aliphatic rings. The van der Waals surface area contributed by atoms with Crippen molar-refractivity contribution in [3.8, 4) is 0 Å². The minimum atomic E-state index is -2.66. The second-order valence-corrected chi connectivity index (χ2v) is 25.8. The number of hydrogen-bond donors (Lipinski definition) is 0. The molecule has 3 nitrogen and oxygen atoms in total. The van der Waals surface area contributed by atoms with Crippen LogP contribution in [0.1, 0.15) is 67.2 Å². The molecule has 0 N–H and O–H groups in total. The van der Waals surface area contributed by atoms with E-state index in [9.17, 15) is 0 Å². The molecule has 0 unspecified atom stereocenters. The second kappa shape index (κ2) is 13.7. The van der Waals surface area contributed by atoms with Crippen LogP contribution in [0.25, 0.3) is 0 Å². The van der Waals surface area contributed by atoms with Crippen LogP contribution in [0.4, 0.5) is 0 Å². The van der Waals surface area contributed by atoms with Gasteiger partial charge in [-0.25, -0.2) is 0 Å². The zero-order valence-electron chi connectivity index (χ0n) is 30.5. The summed E-state index contributed by atoms with van der Waals surface area (Å²) in [5, 5.41) is 5.33. The zero-order valence-corrected chi connectivity index (χ0v) is 32.5. The van der Waals surface area contributed by atoms with Gasteiger partial charge in [0.2, 0.25) is 0 Å². The lowest BCUT2D eigenvalue weighted by Gasteiger charge is -2.48. The Hall–Kier alpha value is -2.81. The predicted octanol–water partition coefficient (Wildman–Crippen LogP) is 7.96. The van der Waals surface area contributed by atoms with E-state index in [4.69, 9.17) is 13.6 Å². The van der Waals surface area contributed by atoms with Gasteiger partial charge in [0.1, 0.15) is 0 Å². The maximum atomic E-state index is 7.68. The normalized spacial score (nSPS) is 25.7. The third-order valence-electron chi connectivity index (χ3n) is 12.2. The Morgan fingerprint density at radius 1 is 0.469 bits per heavy atom. The van der Waals surface area contributed by atoms with Crippen molar-refractivity contribution in [2.45, 2.75) is 89.5 Å². The Balaban J connectivity index is 1.25. The SMILES string of the molecule is CC(C)(C)[Si](OC[C@@H]1C[C@@H]2C[C@@H]3O[C@@H]3C[C@@H]2C[C@H]1CO[Si](c1ccccc1)(c1ccccc1)C(C)(C)C)(c1ccccc1)c1ccccc1. The molecule has 49 heavy (non-hydrogen) atoms. The fourth-order valence-corrected chi connectivity index (χ4v) is 19.0. The van der Waals surface area contributed by atoms with Crippen LogP contribution in [0.2, 0.25) is 10.1 Å². The van der Waals surface area contributed by atoms with E-state index >= 15 is 0 Å². The lowest BCUT2D eigenvalue weighted by atomic mass is 9.64.